The molecule has 0 unspecified atom stereocenters. The number of rotatable bonds is 5. The molecule has 0 atom stereocenters. The Hall–Kier alpha value is -3.09. The second-order valence-electron chi connectivity index (χ2n) is 7.28. The van der Waals surface area contributed by atoms with Crippen molar-refractivity contribution in [1.29, 1.82) is 0 Å². The van der Waals surface area contributed by atoms with Crippen molar-refractivity contribution < 1.29 is 18.3 Å². The van der Waals surface area contributed by atoms with Gasteiger partial charge in [0, 0.05) is 18.1 Å². The second-order valence-corrected chi connectivity index (χ2v) is 7.28. The first-order valence-electron chi connectivity index (χ1n) is 9.75. The number of benzene rings is 1. The van der Waals surface area contributed by atoms with Gasteiger partial charge in [0.25, 0.3) is 5.91 Å². The smallest absolute Gasteiger partial charge is 0.277 e. The molecule has 150 valence electrons. The predicted octanol–water partition coefficient (Wildman–Crippen LogP) is 5.12. The number of nitrogens with one attached hydrogen (secondary N) is 1. The minimum atomic E-state index is -0.746. The summed E-state index contributed by atoms with van der Waals surface area (Å²) in [4.78, 5) is 20.2. The summed E-state index contributed by atoms with van der Waals surface area (Å²) in [6.45, 7) is 0.517. The molecule has 1 amide bonds. The van der Waals surface area contributed by atoms with E-state index in [1.807, 2.05) is 0 Å². The Morgan fingerprint density at radius 3 is 2.69 bits per heavy atom. The highest BCUT2D eigenvalue weighted by molar-refractivity contribution is 6.04. The van der Waals surface area contributed by atoms with Crippen LogP contribution in [0, 0.1) is 17.6 Å². The van der Waals surface area contributed by atoms with Gasteiger partial charge in [-0.25, -0.2) is 18.7 Å². The van der Waals surface area contributed by atoms with E-state index in [1.54, 1.807) is 18.3 Å². The first-order valence-corrected chi connectivity index (χ1v) is 9.75. The average Bonchev–Trinajstić information content (AvgIpc) is 2.73. The molecule has 2 heterocycles. The van der Waals surface area contributed by atoms with E-state index in [9.17, 15) is 13.6 Å². The Morgan fingerprint density at radius 1 is 1.07 bits per heavy atom. The lowest BCUT2D eigenvalue weighted by molar-refractivity contribution is 0.101. The molecular weight excluding hydrogens is 376 g/mol. The third kappa shape index (κ3) is 4.34. The van der Waals surface area contributed by atoms with Crippen LogP contribution in [0.25, 0.3) is 10.8 Å². The van der Waals surface area contributed by atoms with Crippen LogP contribution in [-0.4, -0.2) is 22.5 Å². The fraction of sp³-hybridized carbons (Fsp3) is 0.318. The van der Waals surface area contributed by atoms with E-state index in [2.05, 4.69) is 15.3 Å². The fourth-order valence-corrected chi connectivity index (χ4v) is 3.71. The molecule has 0 bridgehead atoms. The van der Waals surface area contributed by atoms with Gasteiger partial charge in [0.05, 0.1) is 12.0 Å². The van der Waals surface area contributed by atoms with Crippen LogP contribution < -0.4 is 10.1 Å². The van der Waals surface area contributed by atoms with Crippen molar-refractivity contribution in [3.8, 4) is 5.88 Å². The number of aromatic nitrogens is 2. The molecule has 3 aromatic rings. The number of amides is 1. The summed E-state index contributed by atoms with van der Waals surface area (Å²) in [6, 6.07) is 6.96. The molecule has 2 aromatic heterocycles. The molecule has 0 radical (unpaired) electrons. The number of carbonyl (C=O) groups excluding carboxylic acids is 1. The maximum atomic E-state index is 14.8. The van der Waals surface area contributed by atoms with Gasteiger partial charge >= 0.3 is 0 Å². The predicted molar refractivity (Wildman–Crippen MR) is 106 cm³/mol. The van der Waals surface area contributed by atoms with Crippen molar-refractivity contribution in [1.82, 2.24) is 9.97 Å². The molecule has 29 heavy (non-hydrogen) atoms. The van der Waals surface area contributed by atoms with E-state index < -0.39 is 17.5 Å². The number of anilines is 1. The lowest BCUT2D eigenvalue weighted by Crippen LogP contribution is -2.16. The van der Waals surface area contributed by atoms with Gasteiger partial charge in [-0.2, -0.15) is 0 Å². The minimum absolute atomic E-state index is 0.203. The third-order valence-electron chi connectivity index (χ3n) is 5.19. The van der Waals surface area contributed by atoms with Crippen LogP contribution in [0.4, 0.5) is 14.5 Å². The first-order chi connectivity index (χ1) is 14.1. The van der Waals surface area contributed by atoms with E-state index in [-0.39, 0.29) is 22.6 Å². The van der Waals surface area contributed by atoms with Crippen LogP contribution in [0.3, 0.4) is 0 Å². The van der Waals surface area contributed by atoms with Gasteiger partial charge in [0.2, 0.25) is 5.88 Å². The van der Waals surface area contributed by atoms with Gasteiger partial charge in [-0.05, 0) is 54.5 Å². The molecule has 0 spiro atoms. The number of fused-ring (bicyclic) bond motifs is 1. The molecule has 4 rings (SSSR count). The first kappa shape index (κ1) is 19.2. The van der Waals surface area contributed by atoms with Crippen molar-refractivity contribution in [3.63, 3.8) is 0 Å². The monoisotopic (exact) mass is 397 g/mol. The van der Waals surface area contributed by atoms with Crippen molar-refractivity contribution >= 4 is 22.4 Å². The SMILES string of the molecule is O=C(Nc1cc(F)c2c(OCC3CCCCC3)nccc2c1)c1ncccc1F. The number of nitrogens with zero attached hydrogens (tertiary/aromatic N) is 2. The summed E-state index contributed by atoms with van der Waals surface area (Å²) >= 11 is 0. The highest BCUT2D eigenvalue weighted by atomic mass is 19.1. The zero-order valence-electron chi connectivity index (χ0n) is 15.8. The van der Waals surface area contributed by atoms with Gasteiger partial charge in [-0.3, -0.25) is 4.79 Å². The molecule has 1 aromatic carbocycles. The molecule has 7 heteroatoms. The standard InChI is InChI=1S/C22H21F2N3O2/c23-17-7-4-9-25-20(17)21(28)27-16-11-15-8-10-26-22(19(15)18(24)12-16)29-13-14-5-2-1-3-6-14/h4,7-12,14H,1-3,5-6,13H2,(H,27,28). The Balaban J connectivity index is 1.55. The van der Waals surface area contributed by atoms with Crippen LogP contribution in [0.15, 0.2) is 42.7 Å². The summed E-state index contributed by atoms with van der Waals surface area (Å²) in [5.41, 5.74) is -0.145. The van der Waals surface area contributed by atoms with Crippen LogP contribution in [-0.2, 0) is 0 Å². The number of hydrogen-bond donors (Lipinski definition) is 1. The van der Waals surface area contributed by atoms with Crippen LogP contribution in [0.2, 0.25) is 0 Å². The molecule has 5 nitrogen and oxygen atoms in total. The molecule has 1 aliphatic carbocycles. The number of pyridine rings is 2. The summed E-state index contributed by atoms with van der Waals surface area (Å²) in [5, 5.41) is 3.30. The number of ether oxygens (including phenoxy) is 1. The van der Waals surface area contributed by atoms with E-state index in [1.165, 1.54) is 37.6 Å². The normalized spacial score (nSPS) is 14.7. The largest absolute Gasteiger partial charge is 0.477 e. The lowest BCUT2D eigenvalue weighted by Gasteiger charge is -2.21. The third-order valence-corrected chi connectivity index (χ3v) is 5.19. The second kappa shape index (κ2) is 8.51. The Morgan fingerprint density at radius 2 is 1.90 bits per heavy atom. The maximum Gasteiger partial charge on any atom is 0.277 e. The fourth-order valence-electron chi connectivity index (χ4n) is 3.71. The molecule has 1 aliphatic rings. The van der Waals surface area contributed by atoms with Gasteiger partial charge in [-0.15, -0.1) is 0 Å². The molecule has 0 aliphatic heterocycles. The van der Waals surface area contributed by atoms with Crippen molar-refractivity contribution in [3.05, 3.63) is 60.1 Å². The Labute approximate surface area is 167 Å². The summed E-state index contributed by atoms with van der Waals surface area (Å²) < 4.78 is 34.4. The van der Waals surface area contributed by atoms with Crippen molar-refractivity contribution in [2.45, 2.75) is 32.1 Å². The molecule has 1 saturated carbocycles. The minimum Gasteiger partial charge on any atom is -0.477 e. The van der Waals surface area contributed by atoms with Crippen LogP contribution >= 0.6 is 0 Å². The molecular formula is C22H21F2N3O2. The van der Waals surface area contributed by atoms with Gasteiger partial charge in [0.15, 0.2) is 11.5 Å². The number of carbonyl (C=O) groups is 1. The van der Waals surface area contributed by atoms with E-state index in [4.69, 9.17) is 4.74 Å². The highest BCUT2D eigenvalue weighted by Gasteiger charge is 2.18. The van der Waals surface area contributed by atoms with Gasteiger partial charge in [0.1, 0.15) is 5.82 Å². The highest BCUT2D eigenvalue weighted by Crippen LogP contribution is 2.31. The van der Waals surface area contributed by atoms with E-state index >= 15 is 0 Å². The van der Waals surface area contributed by atoms with Crippen LogP contribution in [0.1, 0.15) is 42.6 Å². The zero-order valence-corrected chi connectivity index (χ0v) is 15.8. The molecule has 1 fully saturated rings. The van der Waals surface area contributed by atoms with Crippen molar-refractivity contribution in [2.75, 3.05) is 11.9 Å². The topological polar surface area (TPSA) is 64.1 Å². The Bertz CT molecular complexity index is 1040. The summed E-state index contributed by atoms with van der Waals surface area (Å²) in [6.07, 6.45) is 8.76. The van der Waals surface area contributed by atoms with Crippen LogP contribution in [0.5, 0.6) is 5.88 Å². The molecule has 0 saturated heterocycles. The van der Waals surface area contributed by atoms with Gasteiger partial charge < -0.3 is 10.1 Å². The number of halogens is 2. The van der Waals surface area contributed by atoms with E-state index in [0.29, 0.717) is 17.9 Å². The summed E-state index contributed by atoms with van der Waals surface area (Å²) in [5.74, 6) is -1.33. The average molecular weight is 397 g/mol. The van der Waals surface area contributed by atoms with Crippen molar-refractivity contribution in [2.24, 2.45) is 5.92 Å². The Kier molecular flexibility index (Phi) is 5.64. The quantitative estimate of drug-likeness (QED) is 0.649. The summed E-state index contributed by atoms with van der Waals surface area (Å²) in [7, 11) is 0. The lowest BCUT2D eigenvalue weighted by atomic mass is 9.90. The van der Waals surface area contributed by atoms with Gasteiger partial charge in [-0.1, -0.05) is 19.3 Å². The maximum absolute atomic E-state index is 14.8. The molecule has 1 N–H and O–H groups in total. The number of hydrogen-bond acceptors (Lipinski definition) is 4. The zero-order chi connectivity index (χ0) is 20.2. The van der Waals surface area contributed by atoms with E-state index in [0.717, 1.165) is 18.9 Å².